The molecule has 128 valence electrons. The average molecular weight is 328 g/mol. The van der Waals surface area contributed by atoms with Crippen LogP contribution in [0.3, 0.4) is 0 Å². The molecule has 0 aliphatic heterocycles. The van der Waals surface area contributed by atoms with Gasteiger partial charge in [-0.15, -0.1) is 0 Å². The summed E-state index contributed by atoms with van der Waals surface area (Å²) in [4.78, 5) is 12.4. The lowest BCUT2D eigenvalue weighted by atomic mass is 9.86. The first kappa shape index (κ1) is 17.9. The predicted molar refractivity (Wildman–Crippen MR) is 92.4 cm³/mol. The molecule has 0 spiro atoms. The van der Waals surface area contributed by atoms with Gasteiger partial charge in [0, 0.05) is 6.04 Å². The molecule has 2 unspecified atom stereocenters. The molecule has 0 saturated heterocycles. The summed E-state index contributed by atoms with van der Waals surface area (Å²) in [6, 6.07) is 6.85. The van der Waals surface area contributed by atoms with E-state index in [1.807, 2.05) is 13.0 Å². The minimum Gasteiger partial charge on any atom is -0.504 e. The normalized spacial score (nSPS) is 21.0. The maximum absolute atomic E-state index is 12.4. The van der Waals surface area contributed by atoms with Crippen LogP contribution in [0.15, 0.2) is 23.8 Å². The lowest BCUT2D eigenvalue weighted by Crippen LogP contribution is -2.41. The zero-order chi connectivity index (χ0) is 17.5. The molecule has 2 rings (SSSR count). The van der Waals surface area contributed by atoms with Crippen molar-refractivity contribution in [1.82, 2.24) is 5.32 Å². The molecule has 5 heteroatoms. The van der Waals surface area contributed by atoms with Crippen LogP contribution in [-0.4, -0.2) is 23.7 Å². The van der Waals surface area contributed by atoms with Gasteiger partial charge in [0.15, 0.2) is 11.5 Å². The first-order valence-corrected chi connectivity index (χ1v) is 8.43. The van der Waals surface area contributed by atoms with Crippen molar-refractivity contribution in [1.29, 1.82) is 5.26 Å². The number of rotatable bonds is 5. The summed E-state index contributed by atoms with van der Waals surface area (Å²) in [5, 5.41) is 22.0. The lowest BCUT2D eigenvalue weighted by molar-refractivity contribution is -0.118. The van der Waals surface area contributed by atoms with Gasteiger partial charge in [0.2, 0.25) is 0 Å². The quantitative estimate of drug-likeness (QED) is 0.641. The number of aromatic hydroxyl groups is 1. The third kappa shape index (κ3) is 4.51. The summed E-state index contributed by atoms with van der Waals surface area (Å²) >= 11 is 0. The van der Waals surface area contributed by atoms with Crippen molar-refractivity contribution in [2.24, 2.45) is 5.92 Å². The summed E-state index contributed by atoms with van der Waals surface area (Å²) in [6.07, 6.45) is 5.88. The van der Waals surface area contributed by atoms with Crippen molar-refractivity contribution in [3.63, 3.8) is 0 Å². The van der Waals surface area contributed by atoms with E-state index in [0.717, 1.165) is 19.3 Å². The molecule has 1 saturated carbocycles. The molecule has 2 N–H and O–H groups in total. The van der Waals surface area contributed by atoms with Crippen LogP contribution in [0.25, 0.3) is 6.08 Å². The van der Waals surface area contributed by atoms with Gasteiger partial charge in [0.1, 0.15) is 11.6 Å². The Morgan fingerprint density at radius 1 is 1.46 bits per heavy atom. The number of benzene rings is 1. The highest BCUT2D eigenvalue weighted by Crippen LogP contribution is 2.28. The molecule has 1 fully saturated rings. The third-order valence-corrected chi connectivity index (χ3v) is 4.39. The van der Waals surface area contributed by atoms with Crippen molar-refractivity contribution in [3.05, 3.63) is 29.3 Å². The van der Waals surface area contributed by atoms with Crippen LogP contribution < -0.4 is 10.1 Å². The number of carbonyl (C=O) groups excluding carboxylic acids is 1. The number of carbonyl (C=O) groups is 1. The number of amides is 1. The van der Waals surface area contributed by atoms with Crippen LogP contribution in [-0.2, 0) is 4.79 Å². The zero-order valence-corrected chi connectivity index (χ0v) is 14.2. The smallest absolute Gasteiger partial charge is 0.262 e. The fraction of sp³-hybridized carbons (Fsp3) is 0.474. The number of phenolic OH excluding ortho intramolecular Hbond substituents is 1. The largest absolute Gasteiger partial charge is 0.504 e. The highest BCUT2D eigenvalue weighted by molar-refractivity contribution is 6.01. The number of hydrogen-bond donors (Lipinski definition) is 2. The van der Waals surface area contributed by atoms with Gasteiger partial charge in [0.25, 0.3) is 5.91 Å². The first-order chi connectivity index (χ1) is 11.5. The second-order valence-electron chi connectivity index (χ2n) is 6.17. The van der Waals surface area contributed by atoms with Gasteiger partial charge in [-0.05, 0) is 49.5 Å². The van der Waals surface area contributed by atoms with Gasteiger partial charge < -0.3 is 15.2 Å². The number of phenols is 1. The van der Waals surface area contributed by atoms with E-state index < -0.39 is 0 Å². The highest BCUT2D eigenvalue weighted by Gasteiger charge is 2.24. The minimum atomic E-state index is -0.345. The Balaban J connectivity index is 2.15. The molecule has 1 aliphatic rings. The topological polar surface area (TPSA) is 82.3 Å². The summed E-state index contributed by atoms with van der Waals surface area (Å²) in [6.45, 7) is 4.38. The summed E-state index contributed by atoms with van der Waals surface area (Å²) < 4.78 is 5.33. The Bertz CT molecular complexity index is 661. The second-order valence-corrected chi connectivity index (χ2v) is 6.17. The van der Waals surface area contributed by atoms with Crippen LogP contribution in [0, 0.1) is 17.2 Å². The van der Waals surface area contributed by atoms with Crippen molar-refractivity contribution in [2.75, 3.05) is 6.61 Å². The van der Waals surface area contributed by atoms with Crippen LogP contribution in [0.2, 0.25) is 0 Å². The van der Waals surface area contributed by atoms with Crippen LogP contribution in [0.1, 0.15) is 45.1 Å². The fourth-order valence-electron chi connectivity index (χ4n) is 2.98. The van der Waals surface area contributed by atoms with E-state index in [0.29, 0.717) is 23.8 Å². The Morgan fingerprint density at radius 3 is 2.88 bits per heavy atom. The van der Waals surface area contributed by atoms with Crippen molar-refractivity contribution in [2.45, 2.75) is 45.6 Å². The minimum absolute atomic E-state index is 0.0352. The summed E-state index contributed by atoms with van der Waals surface area (Å²) in [5.74, 6) is 0.459. The van der Waals surface area contributed by atoms with Crippen LogP contribution in [0.4, 0.5) is 0 Å². The highest BCUT2D eigenvalue weighted by atomic mass is 16.5. The molecule has 1 amide bonds. The third-order valence-electron chi connectivity index (χ3n) is 4.39. The molecule has 5 nitrogen and oxygen atoms in total. The molecule has 0 heterocycles. The van der Waals surface area contributed by atoms with E-state index in [-0.39, 0.29) is 23.3 Å². The Labute approximate surface area is 142 Å². The number of nitrogens with zero attached hydrogens (tertiary/aromatic N) is 1. The monoisotopic (exact) mass is 328 g/mol. The molecular formula is C19H24N2O3. The molecule has 24 heavy (non-hydrogen) atoms. The fourth-order valence-corrected chi connectivity index (χ4v) is 2.98. The van der Waals surface area contributed by atoms with E-state index in [1.165, 1.54) is 18.6 Å². The van der Waals surface area contributed by atoms with Gasteiger partial charge in [-0.3, -0.25) is 4.79 Å². The predicted octanol–water partition coefficient (Wildman–Crippen LogP) is 3.39. The van der Waals surface area contributed by atoms with Crippen molar-refractivity contribution in [3.8, 4) is 17.6 Å². The lowest BCUT2D eigenvalue weighted by Gasteiger charge is -2.29. The van der Waals surface area contributed by atoms with Crippen LogP contribution >= 0.6 is 0 Å². The molecular weight excluding hydrogens is 304 g/mol. The van der Waals surface area contributed by atoms with Crippen molar-refractivity contribution < 1.29 is 14.6 Å². The molecule has 2 atom stereocenters. The Hall–Kier alpha value is -2.48. The maximum atomic E-state index is 12.4. The standard InChI is InChI=1S/C19H24N2O3/c1-3-24-18-11-14(8-9-17(18)22)10-15(12-20)19(23)21-16-7-5-4-6-13(16)2/h8-11,13,16,22H,3-7H2,1-2H3,(H,21,23)/b15-10+. The van der Waals surface area contributed by atoms with Gasteiger partial charge in [-0.25, -0.2) is 0 Å². The SMILES string of the molecule is CCOc1cc(/C=C(\C#N)C(=O)NC2CCCCC2C)ccc1O. The number of nitrogens with one attached hydrogen (secondary N) is 1. The Kier molecular flexibility index (Phi) is 6.25. The number of ether oxygens (including phenoxy) is 1. The molecule has 1 aromatic carbocycles. The molecule has 1 aromatic rings. The summed E-state index contributed by atoms with van der Waals surface area (Å²) in [7, 11) is 0. The van der Waals surface area contributed by atoms with E-state index in [4.69, 9.17) is 4.74 Å². The molecule has 1 aliphatic carbocycles. The van der Waals surface area contributed by atoms with Crippen LogP contribution in [0.5, 0.6) is 11.5 Å². The zero-order valence-electron chi connectivity index (χ0n) is 14.2. The van der Waals surface area contributed by atoms with Gasteiger partial charge >= 0.3 is 0 Å². The first-order valence-electron chi connectivity index (χ1n) is 8.43. The average Bonchev–Trinajstić information content (AvgIpc) is 2.57. The number of nitriles is 1. The second kappa shape index (κ2) is 8.39. The number of hydrogen-bond acceptors (Lipinski definition) is 4. The molecule has 0 bridgehead atoms. The van der Waals surface area contributed by atoms with Gasteiger partial charge in [-0.2, -0.15) is 5.26 Å². The van der Waals surface area contributed by atoms with Gasteiger partial charge in [-0.1, -0.05) is 25.8 Å². The van der Waals surface area contributed by atoms with E-state index in [1.54, 1.807) is 12.1 Å². The molecule has 0 radical (unpaired) electrons. The Morgan fingerprint density at radius 2 is 2.21 bits per heavy atom. The van der Waals surface area contributed by atoms with E-state index in [9.17, 15) is 15.2 Å². The summed E-state index contributed by atoms with van der Waals surface area (Å²) in [5.41, 5.74) is 0.695. The maximum Gasteiger partial charge on any atom is 0.262 e. The van der Waals surface area contributed by atoms with E-state index in [2.05, 4.69) is 12.2 Å². The van der Waals surface area contributed by atoms with Gasteiger partial charge in [0.05, 0.1) is 6.61 Å². The van der Waals surface area contributed by atoms with E-state index >= 15 is 0 Å². The van der Waals surface area contributed by atoms with Crippen molar-refractivity contribution >= 4 is 12.0 Å². The molecule has 0 aromatic heterocycles.